The second-order valence-electron chi connectivity index (χ2n) is 6.09. The van der Waals surface area contributed by atoms with Crippen molar-refractivity contribution in [3.05, 3.63) is 23.8 Å². The molecule has 1 aromatic rings. The van der Waals surface area contributed by atoms with Crippen LogP contribution in [0.4, 0.5) is 0 Å². The summed E-state index contributed by atoms with van der Waals surface area (Å²) in [6.45, 7) is -0.00885. The highest BCUT2D eigenvalue weighted by Crippen LogP contribution is 2.24. The number of hydrogen-bond donors (Lipinski definition) is 3. The lowest BCUT2D eigenvalue weighted by Gasteiger charge is -2.16. The predicted octanol–water partition coefficient (Wildman–Crippen LogP) is -0.244. The van der Waals surface area contributed by atoms with E-state index in [9.17, 15) is 18.0 Å². The zero-order chi connectivity index (χ0) is 19.3. The lowest BCUT2D eigenvalue weighted by molar-refractivity contribution is -0.125. The van der Waals surface area contributed by atoms with Gasteiger partial charge in [0.25, 0.3) is 5.91 Å². The van der Waals surface area contributed by atoms with Crippen LogP contribution >= 0.6 is 0 Å². The van der Waals surface area contributed by atoms with E-state index in [2.05, 4.69) is 10.6 Å². The van der Waals surface area contributed by atoms with Crippen molar-refractivity contribution in [2.45, 2.75) is 36.2 Å². The van der Waals surface area contributed by atoms with Crippen LogP contribution in [0.5, 0.6) is 5.75 Å². The van der Waals surface area contributed by atoms with Crippen molar-refractivity contribution in [3.63, 3.8) is 0 Å². The molecule has 0 saturated heterocycles. The molecule has 4 N–H and O–H groups in total. The largest absolute Gasteiger partial charge is 0.496 e. The smallest absolute Gasteiger partial charge is 0.255 e. The lowest BCUT2D eigenvalue weighted by atomic mass is 10.1. The van der Waals surface area contributed by atoms with E-state index in [4.69, 9.17) is 14.6 Å². The molecule has 1 aliphatic rings. The van der Waals surface area contributed by atoms with E-state index >= 15 is 0 Å². The van der Waals surface area contributed by atoms with Crippen LogP contribution in [0.3, 0.4) is 0 Å². The van der Waals surface area contributed by atoms with E-state index in [1.807, 2.05) is 0 Å². The van der Waals surface area contributed by atoms with Crippen molar-refractivity contribution < 1.29 is 27.5 Å². The summed E-state index contributed by atoms with van der Waals surface area (Å²) in [5.41, 5.74) is 0.0888. The molecule has 0 aromatic heterocycles. The monoisotopic (exact) mass is 385 g/mol. The van der Waals surface area contributed by atoms with Crippen LogP contribution in [0.1, 0.15) is 29.6 Å². The molecule has 1 aromatic carbocycles. The number of primary sulfonamides is 1. The molecule has 144 valence electrons. The first-order chi connectivity index (χ1) is 12.2. The van der Waals surface area contributed by atoms with E-state index in [0.717, 1.165) is 6.42 Å². The van der Waals surface area contributed by atoms with Crippen LogP contribution < -0.4 is 20.5 Å². The van der Waals surface area contributed by atoms with Gasteiger partial charge in [0.15, 0.2) is 0 Å². The van der Waals surface area contributed by atoms with E-state index in [0.29, 0.717) is 12.8 Å². The lowest BCUT2D eigenvalue weighted by Crippen LogP contribution is -2.38. The maximum Gasteiger partial charge on any atom is 0.255 e. The fourth-order valence-electron chi connectivity index (χ4n) is 2.95. The molecule has 2 atom stereocenters. The summed E-state index contributed by atoms with van der Waals surface area (Å²) in [5, 5.41) is 10.8. The highest BCUT2D eigenvalue weighted by molar-refractivity contribution is 7.89. The summed E-state index contributed by atoms with van der Waals surface area (Å²) in [5.74, 6) is -0.411. The zero-order valence-corrected chi connectivity index (χ0v) is 15.5. The van der Waals surface area contributed by atoms with Gasteiger partial charge >= 0.3 is 0 Å². The van der Waals surface area contributed by atoms with Crippen LogP contribution in [-0.2, 0) is 19.6 Å². The molecule has 1 fully saturated rings. The maximum atomic E-state index is 12.6. The minimum atomic E-state index is -3.93. The first kappa shape index (κ1) is 20.1. The van der Waals surface area contributed by atoms with Crippen LogP contribution in [0.25, 0.3) is 0 Å². The number of sulfonamides is 1. The Morgan fingerprint density at radius 1 is 1.19 bits per heavy atom. The Kier molecular flexibility index (Phi) is 6.57. The van der Waals surface area contributed by atoms with Gasteiger partial charge in [-0.2, -0.15) is 0 Å². The quantitative estimate of drug-likeness (QED) is 0.592. The van der Waals surface area contributed by atoms with Crippen molar-refractivity contribution >= 4 is 21.8 Å². The van der Waals surface area contributed by atoms with Crippen molar-refractivity contribution in [2.75, 3.05) is 20.8 Å². The normalized spacial score (nSPS) is 19.8. The minimum Gasteiger partial charge on any atom is -0.496 e. The molecule has 1 saturated carbocycles. The average Bonchev–Trinajstić information content (AvgIpc) is 3.00. The first-order valence-electron chi connectivity index (χ1n) is 8.04. The Bertz CT molecular complexity index is 780. The fraction of sp³-hybridized carbons (Fsp3) is 0.500. The topological polar surface area (TPSA) is 137 Å². The Morgan fingerprint density at radius 2 is 1.85 bits per heavy atom. The number of methoxy groups -OCH3 is 2. The third-order valence-electron chi connectivity index (χ3n) is 4.15. The number of benzene rings is 1. The molecule has 0 bridgehead atoms. The van der Waals surface area contributed by atoms with Gasteiger partial charge in [-0.05, 0) is 37.5 Å². The number of carbonyl (C=O) groups excluding carboxylic acids is 2. The van der Waals surface area contributed by atoms with Gasteiger partial charge in [-0.15, -0.1) is 0 Å². The van der Waals surface area contributed by atoms with Crippen LogP contribution in [0.15, 0.2) is 23.1 Å². The van der Waals surface area contributed by atoms with Crippen LogP contribution in [0, 0.1) is 0 Å². The Balaban J connectivity index is 2.05. The Morgan fingerprint density at radius 3 is 2.42 bits per heavy atom. The highest BCUT2D eigenvalue weighted by Gasteiger charge is 2.28. The number of carbonyl (C=O) groups is 2. The average molecular weight is 385 g/mol. The summed E-state index contributed by atoms with van der Waals surface area (Å²) in [4.78, 5) is 23.9. The number of nitrogens with two attached hydrogens (primary N) is 1. The van der Waals surface area contributed by atoms with Crippen molar-refractivity contribution in [2.24, 2.45) is 5.14 Å². The Hall–Kier alpha value is -2.17. The van der Waals surface area contributed by atoms with Crippen molar-refractivity contribution in [3.8, 4) is 5.75 Å². The third-order valence-corrected chi connectivity index (χ3v) is 5.06. The number of amides is 2. The molecular formula is C16H23N3O6S. The summed E-state index contributed by atoms with van der Waals surface area (Å²) in [6.07, 6.45) is 2.01. The van der Waals surface area contributed by atoms with Gasteiger partial charge in [0.1, 0.15) is 12.4 Å². The molecule has 0 unspecified atom stereocenters. The predicted molar refractivity (Wildman–Crippen MR) is 93.3 cm³/mol. The van der Waals surface area contributed by atoms with Gasteiger partial charge in [-0.1, -0.05) is 0 Å². The van der Waals surface area contributed by atoms with Gasteiger partial charge in [-0.25, -0.2) is 13.6 Å². The zero-order valence-electron chi connectivity index (χ0n) is 14.7. The summed E-state index contributed by atoms with van der Waals surface area (Å²) in [7, 11) is -1.10. The van der Waals surface area contributed by atoms with Gasteiger partial charge in [-0.3, -0.25) is 9.59 Å². The maximum absolute atomic E-state index is 12.6. The summed E-state index contributed by atoms with van der Waals surface area (Å²) in [6, 6.07) is 3.67. The molecule has 0 aliphatic heterocycles. The molecule has 2 rings (SSSR count). The number of hydrogen-bond acceptors (Lipinski definition) is 6. The minimum absolute atomic E-state index is 0.00885. The molecule has 0 heterocycles. The van der Waals surface area contributed by atoms with Gasteiger partial charge < -0.3 is 20.1 Å². The molecule has 26 heavy (non-hydrogen) atoms. The molecule has 9 nitrogen and oxygen atoms in total. The summed E-state index contributed by atoms with van der Waals surface area (Å²) < 4.78 is 32.9. The second-order valence-corrected chi connectivity index (χ2v) is 7.65. The van der Waals surface area contributed by atoms with Gasteiger partial charge in [0.05, 0.1) is 17.6 Å². The number of rotatable bonds is 7. The summed E-state index contributed by atoms with van der Waals surface area (Å²) >= 11 is 0. The van der Waals surface area contributed by atoms with E-state index in [-0.39, 0.29) is 40.8 Å². The molecule has 1 aliphatic carbocycles. The molecule has 2 amide bonds. The number of nitrogens with one attached hydrogen (secondary N) is 2. The Labute approximate surface area is 152 Å². The highest BCUT2D eigenvalue weighted by atomic mass is 32.2. The van der Waals surface area contributed by atoms with Gasteiger partial charge in [0, 0.05) is 19.2 Å². The third kappa shape index (κ3) is 5.16. The van der Waals surface area contributed by atoms with Crippen LogP contribution in [-0.4, -0.2) is 53.1 Å². The van der Waals surface area contributed by atoms with Crippen molar-refractivity contribution in [1.82, 2.24) is 10.6 Å². The molecule has 0 radical (unpaired) electrons. The molecular weight excluding hydrogens is 362 g/mol. The van der Waals surface area contributed by atoms with E-state index in [1.54, 1.807) is 0 Å². The fourth-order valence-corrected chi connectivity index (χ4v) is 3.49. The SMILES string of the molecule is COCC(=O)N[C@@H]1CC[C@H](NC(=O)c2cc(S(N)(=O)=O)ccc2OC)C1. The standard InChI is InChI=1S/C16H23N3O6S/c1-24-9-15(20)18-10-3-4-11(7-10)19-16(21)13-8-12(26(17,22)23)5-6-14(13)25-2/h5-6,8,10-11H,3-4,7,9H2,1-2H3,(H,18,20)(H,19,21)(H2,17,22,23)/t10-,11+/m1/s1. The molecule has 10 heteroatoms. The van der Waals surface area contributed by atoms with Crippen molar-refractivity contribution in [1.29, 1.82) is 0 Å². The first-order valence-corrected chi connectivity index (χ1v) is 9.59. The van der Waals surface area contributed by atoms with E-state index < -0.39 is 15.9 Å². The van der Waals surface area contributed by atoms with Crippen LogP contribution in [0.2, 0.25) is 0 Å². The molecule has 0 spiro atoms. The number of ether oxygens (including phenoxy) is 2. The second kappa shape index (κ2) is 8.47. The van der Waals surface area contributed by atoms with Gasteiger partial charge in [0.2, 0.25) is 15.9 Å². The van der Waals surface area contributed by atoms with E-state index in [1.165, 1.54) is 32.4 Å².